The molecule has 2 aromatic rings. The van der Waals surface area contributed by atoms with Crippen molar-refractivity contribution in [2.24, 2.45) is 0 Å². The molecule has 1 N–H and O–H groups in total. The first kappa shape index (κ1) is 20.8. The van der Waals surface area contributed by atoms with Crippen molar-refractivity contribution in [3.63, 3.8) is 0 Å². The van der Waals surface area contributed by atoms with Crippen molar-refractivity contribution >= 4 is 21.6 Å². The smallest absolute Gasteiger partial charge is 0.241 e. The third kappa shape index (κ3) is 5.47. The second-order valence-electron chi connectivity index (χ2n) is 6.62. The Kier molecular flexibility index (Phi) is 6.49. The lowest BCUT2D eigenvalue weighted by atomic mass is 10.1. The normalized spacial score (nSPS) is 12.3. The van der Waals surface area contributed by atoms with Crippen molar-refractivity contribution < 1.29 is 17.9 Å². The monoisotopic (exact) mass is 390 g/mol. The van der Waals surface area contributed by atoms with Crippen LogP contribution < -0.4 is 14.4 Å². The fourth-order valence-electron chi connectivity index (χ4n) is 2.76. The van der Waals surface area contributed by atoms with Gasteiger partial charge in [0.15, 0.2) is 0 Å². The zero-order valence-electron chi connectivity index (χ0n) is 16.3. The Hall–Kier alpha value is -2.54. The lowest BCUT2D eigenvalue weighted by molar-refractivity contribution is -0.120. The van der Waals surface area contributed by atoms with Gasteiger partial charge < -0.3 is 10.1 Å². The van der Waals surface area contributed by atoms with E-state index in [2.05, 4.69) is 5.32 Å². The summed E-state index contributed by atoms with van der Waals surface area (Å²) in [6.45, 7) is 5.28. The Balaban J connectivity index is 2.17. The summed E-state index contributed by atoms with van der Waals surface area (Å²) in [7, 11) is -2.02. The quantitative estimate of drug-likeness (QED) is 0.789. The molecule has 1 amide bonds. The van der Waals surface area contributed by atoms with Gasteiger partial charge in [-0.2, -0.15) is 0 Å². The van der Waals surface area contributed by atoms with E-state index in [-0.39, 0.29) is 18.5 Å². The Morgan fingerprint density at radius 3 is 2.33 bits per heavy atom. The number of anilines is 1. The van der Waals surface area contributed by atoms with E-state index < -0.39 is 10.0 Å². The van der Waals surface area contributed by atoms with Crippen LogP contribution in [-0.2, 0) is 14.8 Å². The molecule has 1 atom stereocenters. The largest absolute Gasteiger partial charge is 0.497 e. The minimum Gasteiger partial charge on any atom is -0.497 e. The third-order valence-corrected chi connectivity index (χ3v) is 5.44. The summed E-state index contributed by atoms with van der Waals surface area (Å²) >= 11 is 0. The number of nitrogens with one attached hydrogen (secondary N) is 1. The van der Waals surface area contributed by atoms with Gasteiger partial charge in [-0.05, 0) is 55.7 Å². The number of carbonyl (C=O) groups excluding carboxylic acids is 1. The number of carbonyl (C=O) groups is 1. The third-order valence-electron chi connectivity index (χ3n) is 4.31. The molecule has 6 nitrogen and oxygen atoms in total. The van der Waals surface area contributed by atoms with E-state index in [1.165, 1.54) is 0 Å². The van der Waals surface area contributed by atoms with E-state index >= 15 is 0 Å². The molecule has 0 unspecified atom stereocenters. The van der Waals surface area contributed by atoms with Crippen molar-refractivity contribution in [3.8, 4) is 5.75 Å². The van der Waals surface area contributed by atoms with Gasteiger partial charge in [0.2, 0.25) is 15.9 Å². The van der Waals surface area contributed by atoms with E-state index in [1.807, 2.05) is 57.2 Å². The highest BCUT2D eigenvalue weighted by Crippen LogP contribution is 2.24. The molecule has 2 aromatic carbocycles. The summed E-state index contributed by atoms with van der Waals surface area (Å²) in [4.78, 5) is 12.5. The van der Waals surface area contributed by atoms with Gasteiger partial charge in [0.05, 0.1) is 25.1 Å². The molecule has 0 heterocycles. The zero-order chi connectivity index (χ0) is 20.2. The van der Waals surface area contributed by atoms with E-state index in [4.69, 9.17) is 4.74 Å². The van der Waals surface area contributed by atoms with Gasteiger partial charge in [0.25, 0.3) is 0 Å². The molecule has 7 heteroatoms. The Bertz CT molecular complexity index is 908. The van der Waals surface area contributed by atoms with E-state index in [1.54, 1.807) is 13.2 Å². The van der Waals surface area contributed by atoms with Crippen LogP contribution in [0.25, 0.3) is 0 Å². The number of hydrogen-bond acceptors (Lipinski definition) is 4. The maximum atomic E-state index is 12.5. The molecule has 0 aromatic heterocycles. The molecule has 0 aliphatic heterocycles. The number of ether oxygens (including phenoxy) is 1. The molecular weight excluding hydrogens is 364 g/mol. The fourth-order valence-corrected chi connectivity index (χ4v) is 3.67. The summed E-state index contributed by atoms with van der Waals surface area (Å²) in [6.07, 6.45) is 1.11. The highest BCUT2D eigenvalue weighted by Gasteiger charge is 2.23. The topological polar surface area (TPSA) is 75.7 Å². The van der Waals surface area contributed by atoms with Crippen LogP contribution in [0, 0.1) is 13.8 Å². The number of rotatable bonds is 7. The average molecular weight is 391 g/mol. The standard InChI is InChI=1S/C20H26N2O4S/c1-14-6-7-15(2)19(12-14)22(27(5,24)25)13-20(23)21-16(3)17-8-10-18(26-4)11-9-17/h6-12,16H,13H2,1-5H3,(H,21,23)/t16-/m1/s1. The molecule has 0 aliphatic carbocycles. The molecule has 0 radical (unpaired) electrons. The van der Waals surface area contributed by atoms with Crippen LogP contribution in [0.1, 0.15) is 29.7 Å². The van der Waals surface area contributed by atoms with Gasteiger partial charge in [-0.1, -0.05) is 24.3 Å². The molecule has 2 rings (SSSR count). The molecule has 0 bridgehead atoms. The molecule has 27 heavy (non-hydrogen) atoms. The lowest BCUT2D eigenvalue weighted by Crippen LogP contribution is -2.41. The summed E-state index contributed by atoms with van der Waals surface area (Å²) in [6, 6.07) is 12.6. The van der Waals surface area contributed by atoms with Crippen LogP contribution in [0.3, 0.4) is 0 Å². The zero-order valence-corrected chi connectivity index (χ0v) is 17.1. The predicted octanol–water partition coefficient (Wildman–Crippen LogP) is 2.96. The van der Waals surface area contributed by atoms with Crippen molar-refractivity contribution in [1.82, 2.24) is 5.32 Å². The van der Waals surface area contributed by atoms with Crippen LogP contribution in [-0.4, -0.2) is 34.2 Å². The summed E-state index contributed by atoms with van der Waals surface area (Å²) < 4.78 is 30.9. The van der Waals surface area contributed by atoms with Crippen molar-refractivity contribution in [3.05, 3.63) is 59.2 Å². The highest BCUT2D eigenvalue weighted by molar-refractivity contribution is 7.92. The maximum Gasteiger partial charge on any atom is 0.241 e. The van der Waals surface area contributed by atoms with E-state index in [0.29, 0.717) is 5.69 Å². The van der Waals surface area contributed by atoms with Gasteiger partial charge in [0.1, 0.15) is 12.3 Å². The van der Waals surface area contributed by atoms with Crippen LogP contribution >= 0.6 is 0 Å². The minimum absolute atomic E-state index is 0.261. The first-order valence-corrected chi connectivity index (χ1v) is 10.4. The molecule has 0 spiro atoms. The summed E-state index contributed by atoms with van der Waals surface area (Å²) in [5.41, 5.74) is 3.14. The fraction of sp³-hybridized carbons (Fsp3) is 0.350. The maximum absolute atomic E-state index is 12.5. The van der Waals surface area contributed by atoms with Crippen molar-refractivity contribution in [1.29, 1.82) is 0 Å². The number of nitrogens with zero attached hydrogens (tertiary/aromatic N) is 1. The molecule has 0 aliphatic rings. The predicted molar refractivity (Wildman–Crippen MR) is 108 cm³/mol. The molecular formula is C20H26N2O4S. The lowest BCUT2D eigenvalue weighted by Gasteiger charge is -2.25. The van der Waals surface area contributed by atoms with Crippen molar-refractivity contribution in [2.45, 2.75) is 26.8 Å². The number of hydrogen-bond donors (Lipinski definition) is 1. The number of amides is 1. The van der Waals surface area contributed by atoms with Crippen LogP contribution in [0.15, 0.2) is 42.5 Å². The average Bonchev–Trinajstić information content (AvgIpc) is 2.61. The molecule has 0 saturated heterocycles. The van der Waals surface area contributed by atoms with Crippen LogP contribution in [0.2, 0.25) is 0 Å². The number of benzene rings is 2. The molecule has 146 valence electrons. The number of sulfonamides is 1. The number of aryl methyl sites for hydroxylation is 2. The second-order valence-corrected chi connectivity index (χ2v) is 8.53. The first-order chi connectivity index (χ1) is 12.6. The van der Waals surface area contributed by atoms with Gasteiger partial charge >= 0.3 is 0 Å². The van der Waals surface area contributed by atoms with Crippen LogP contribution in [0.5, 0.6) is 5.75 Å². The Morgan fingerprint density at radius 1 is 1.15 bits per heavy atom. The summed E-state index contributed by atoms with van der Waals surface area (Å²) in [5, 5.41) is 2.85. The first-order valence-electron chi connectivity index (χ1n) is 8.60. The SMILES string of the molecule is COc1ccc([C@@H](C)NC(=O)CN(c2cc(C)ccc2C)S(C)(=O)=O)cc1. The second kappa shape index (κ2) is 8.43. The van der Waals surface area contributed by atoms with Gasteiger partial charge in [-0.25, -0.2) is 8.42 Å². The molecule has 0 saturated carbocycles. The van der Waals surface area contributed by atoms with Gasteiger partial charge in [0, 0.05) is 0 Å². The molecule has 0 fully saturated rings. The minimum atomic E-state index is -3.61. The Labute approximate surface area is 161 Å². The number of methoxy groups -OCH3 is 1. The van der Waals surface area contributed by atoms with Gasteiger partial charge in [-0.15, -0.1) is 0 Å². The van der Waals surface area contributed by atoms with Gasteiger partial charge in [-0.3, -0.25) is 9.10 Å². The van der Waals surface area contributed by atoms with E-state index in [9.17, 15) is 13.2 Å². The summed E-state index contributed by atoms with van der Waals surface area (Å²) in [5.74, 6) is 0.361. The van der Waals surface area contributed by atoms with E-state index in [0.717, 1.165) is 33.0 Å². The van der Waals surface area contributed by atoms with Crippen LogP contribution in [0.4, 0.5) is 5.69 Å². The van der Waals surface area contributed by atoms with Crippen molar-refractivity contribution in [2.75, 3.05) is 24.2 Å². The highest BCUT2D eigenvalue weighted by atomic mass is 32.2. The Morgan fingerprint density at radius 2 is 1.78 bits per heavy atom.